The molecule has 0 aromatic heterocycles. The van der Waals surface area contributed by atoms with E-state index in [1.54, 1.807) is 0 Å². The minimum absolute atomic E-state index is 0.248. The van der Waals surface area contributed by atoms with E-state index in [-0.39, 0.29) is 6.42 Å². The fourth-order valence-electron chi connectivity index (χ4n) is 1.61. The highest BCUT2D eigenvalue weighted by Gasteiger charge is 2.62. The lowest BCUT2D eigenvalue weighted by Crippen LogP contribution is -2.47. The molecule has 0 aromatic rings. The molecule has 0 radical (unpaired) electrons. The fraction of sp³-hybridized carbons (Fsp3) is 0.857. The topological polar surface area (TPSA) is 43.1 Å². The summed E-state index contributed by atoms with van der Waals surface area (Å²) >= 11 is 0. The van der Waals surface area contributed by atoms with E-state index in [1.807, 2.05) is 0 Å². The van der Waals surface area contributed by atoms with Crippen LogP contribution in [0.25, 0.3) is 0 Å². The molecule has 6 heteroatoms. The van der Waals surface area contributed by atoms with E-state index in [1.165, 1.54) is 0 Å². The molecule has 1 amide bonds. The van der Waals surface area contributed by atoms with Gasteiger partial charge in [0.15, 0.2) is 0 Å². The van der Waals surface area contributed by atoms with Gasteiger partial charge in [0, 0.05) is 6.42 Å². The van der Waals surface area contributed by atoms with E-state index in [9.17, 15) is 22.4 Å². The average Bonchev–Trinajstić information content (AvgIpc) is 2.30. The van der Waals surface area contributed by atoms with Crippen LogP contribution < -0.4 is 5.73 Å². The summed E-state index contributed by atoms with van der Waals surface area (Å²) in [6.07, 6.45) is -7.92. The van der Waals surface area contributed by atoms with Crippen molar-refractivity contribution in [1.29, 1.82) is 0 Å². The molecule has 0 saturated heterocycles. The monoisotopic (exact) mass is 199 g/mol. The van der Waals surface area contributed by atoms with Crippen LogP contribution in [-0.2, 0) is 4.79 Å². The third kappa shape index (κ3) is 1.49. The van der Waals surface area contributed by atoms with Crippen LogP contribution in [-0.4, -0.2) is 18.3 Å². The van der Waals surface area contributed by atoms with Crippen LogP contribution in [0.5, 0.6) is 0 Å². The third-order valence-corrected chi connectivity index (χ3v) is 2.47. The van der Waals surface area contributed by atoms with Crippen LogP contribution in [0.4, 0.5) is 17.6 Å². The number of primary amides is 1. The Morgan fingerprint density at radius 1 is 1.46 bits per heavy atom. The number of carbonyl (C=O) groups excluding carboxylic acids is 1. The summed E-state index contributed by atoms with van der Waals surface area (Å²) in [7, 11) is 0. The van der Waals surface area contributed by atoms with Gasteiger partial charge in [0.25, 0.3) is 0 Å². The highest BCUT2D eigenvalue weighted by atomic mass is 19.4. The SMILES string of the molecule is NC(=O)C1(C(F)(F)F)CCC(F)C1. The number of halogens is 4. The molecular weight excluding hydrogens is 190 g/mol. The maximum absolute atomic E-state index is 12.6. The minimum atomic E-state index is -4.74. The molecule has 0 spiro atoms. The third-order valence-electron chi connectivity index (χ3n) is 2.47. The smallest absolute Gasteiger partial charge is 0.369 e. The van der Waals surface area contributed by atoms with Gasteiger partial charge < -0.3 is 5.73 Å². The lowest BCUT2D eigenvalue weighted by molar-refractivity contribution is -0.219. The lowest BCUT2D eigenvalue weighted by atomic mass is 9.84. The van der Waals surface area contributed by atoms with E-state index in [4.69, 9.17) is 0 Å². The molecule has 2 N–H and O–H groups in total. The first-order valence-electron chi connectivity index (χ1n) is 3.80. The Bertz CT molecular complexity index is 227. The minimum Gasteiger partial charge on any atom is -0.369 e. The van der Waals surface area contributed by atoms with E-state index in [0.29, 0.717) is 0 Å². The average molecular weight is 199 g/mol. The number of carbonyl (C=O) groups is 1. The predicted molar refractivity (Wildman–Crippen MR) is 36.4 cm³/mol. The zero-order valence-corrected chi connectivity index (χ0v) is 6.70. The van der Waals surface area contributed by atoms with Crippen LogP contribution in [0.1, 0.15) is 19.3 Å². The van der Waals surface area contributed by atoms with Crippen molar-refractivity contribution in [2.24, 2.45) is 11.1 Å². The Kier molecular flexibility index (Phi) is 2.25. The largest absolute Gasteiger partial charge is 0.403 e. The van der Waals surface area contributed by atoms with Crippen molar-refractivity contribution in [1.82, 2.24) is 0 Å². The number of hydrogen-bond donors (Lipinski definition) is 1. The maximum Gasteiger partial charge on any atom is 0.403 e. The maximum atomic E-state index is 12.6. The molecule has 0 aromatic carbocycles. The van der Waals surface area contributed by atoms with Gasteiger partial charge in [-0.2, -0.15) is 13.2 Å². The molecule has 13 heavy (non-hydrogen) atoms. The van der Waals surface area contributed by atoms with Gasteiger partial charge >= 0.3 is 6.18 Å². The van der Waals surface area contributed by atoms with E-state index >= 15 is 0 Å². The number of hydrogen-bond acceptors (Lipinski definition) is 1. The second-order valence-corrected chi connectivity index (χ2v) is 3.28. The second-order valence-electron chi connectivity index (χ2n) is 3.28. The van der Waals surface area contributed by atoms with E-state index < -0.39 is 36.5 Å². The van der Waals surface area contributed by atoms with Gasteiger partial charge in [-0.05, 0) is 12.8 Å². The zero-order chi connectivity index (χ0) is 10.3. The van der Waals surface area contributed by atoms with Gasteiger partial charge in [0.2, 0.25) is 5.91 Å². The molecule has 2 nitrogen and oxygen atoms in total. The van der Waals surface area contributed by atoms with Crippen molar-refractivity contribution in [3.05, 3.63) is 0 Å². The standard InChI is InChI=1S/C7H9F4NO/c8-4-1-2-6(3-4,5(12)13)7(9,10)11/h4H,1-3H2,(H2,12,13). The normalized spacial score (nSPS) is 34.9. The molecule has 1 aliphatic rings. The summed E-state index contributed by atoms with van der Waals surface area (Å²) in [4.78, 5) is 10.7. The van der Waals surface area contributed by atoms with Gasteiger partial charge in [0.05, 0.1) is 0 Å². The molecule has 1 fully saturated rings. The molecule has 0 aliphatic heterocycles. The van der Waals surface area contributed by atoms with Gasteiger partial charge in [0.1, 0.15) is 11.6 Å². The van der Waals surface area contributed by atoms with E-state index in [0.717, 1.165) is 0 Å². The van der Waals surface area contributed by atoms with E-state index in [2.05, 4.69) is 5.73 Å². The van der Waals surface area contributed by atoms with Gasteiger partial charge in [-0.25, -0.2) is 4.39 Å². The molecule has 2 unspecified atom stereocenters. The van der Waals surface area contributed by atoms with Crippen molar-refractivity contribution < 1.29 is 22.4 Å². The summed E-state index contributed by atoms with van der Waals surface area (Å²) in [5, 5.41) is 0. The van der Waals surface area contributed by atoms with Gasteiger partial charge in [-0.1, -0.05) is 0 Å². The first-order chi connectivity index (χ1) is 5.79. The molecule has 1 rings (SSSR count). The molecular formula is C7H9F4NO. The van der Waals surface area contributed by atoms with Crippen molar-refractivity contribution in [3.63, 3.8) is 0 Å². The first-order valence-corrected chi connectivity index (χ1v) is 3.80. The Hall–Kier alpha value is -0.810. The molecule has 2 atom stereocenters. The molecule has 1 saturated carbocycles. The van der Waals surface area contributed by atoms with Crippen LogP contribution in [0.2, 0.25) is 0 Å². The summed E-state index contributed by atoms with van der Waals surface area (Å²) in [5.41, 5.74) is 2.02. The zero-order valence-electron chi connectivity index (χ0n) is 6.70. The fourth-order valence-corrected chi connectivity index (χ4v) is 1.61. The number of nitrogens with two attached hydrogens (primary N) is 1. The Balaban J connectivity index is 2.97. The molecule has 0 heterocycles. The lowest BCUT2D eigenvalue weighted by Gasteiger charge is -2.27. The number of alkyl halides is 4. The van der Waals surface area contributed by atoms with Gasteiger partial charge in [-0.3, -0.25) is 4.79 Å². The Labute approximate surface area is 72.1 Å². The summed E-state index contributed by atoms with van der Waals surface area (Å²) in [6, 6.07) is 0. The second kappa shape index (κ2) is 2.85. The Morgan fingerprint density at radius 3 is 2.15 bits per heavy atom. The van der Waals surface area contributed by atoms with Crippen LogP contribution in [0.3, 0.4) is 0 Å². The quantitative estimate of drug-likeness (QED) is 0.639. The first kappa shape index (κ1) is 10.3. The summed E-state index contributed by atoms with van der Waals surface area (Å²) in [6.45, 7) is 0. The van der Waals surface area contributed by atoms with Gasteiger partial charge in [-0.15, -0.1) is 0 Å². The summed E-state index contributed by atoms with van der Waals surface area (Å²) in [5.74, 6) is -1.47. The highest BCUT2D eigenvalue weighted by molar-refractivity contribution is 5.82. The molecule has 76 valence electrons. The van der Waals surface area contributed by atoms with Crippen molar-refractivity contribution >= 4 is 5.91 Å². The number of rotatable bonds is 1. The Morgan fingerprint density at radius 2 is 2.00 bits per heavy atom. The number of amides is 1. The van der Waals surface area contributed by atoms with Crippen LogP contribution in [0, 0.1) is 5.41 Å². The van der Waals surface area contributed by atoms with Crippen LogP contribution >= 0.6 is 0 Å². The van der Waals surface area contributed by atoms with Crippen molar-refractivity contribution in [2.75, 3.05) is 0 Å². The predicted octanol–water partition coefficient (Wildman–Crippen LogP) is 1.54. The van der Waals surface area contributed by atoms with Crippen LogP contribution in [0.15, 0.2) is 0 Å². The van der Waals surface area contributed by atoms with Crippen molar-refractivity contribution in [3.8, 4) is 0 Å². The molecule has 0 bridgehead atoms. The molecule has 1 aliphatic carbocycles. The summed E-state index contributed by atoms with van der Waals surface area (Å²) < 4.78 is 49.7. The highest BCUT2D eigenvalue weighted by Crippen LogP contribution is 2.50. The van der Waals surface area contributed by atoms with Crippen molar-refractivity contribution in [2.45, 2.75) is 31.6 Å².